The summed E-state index contributed by atoms with van der Waals surface area (Å²) in [6.45, 7) is 9.51. The van der Waals surface area contributed by atoms with E-state index in [1.807, 2.05) is 42.5 Å². The van der Waals surface area contributed by atoms with Crippen molar-refractivity contribution in [3.8, 4) is 34.5 Å². The monoisotopic (exact) mass is 919 g/mol. The van der Waals surface area contributed by atoms with Gasteiger partial charge >= 0.3 is 5.97 Å². The smallest absolute Gasteiger partial charge is 0.305 e. The maximum absolute atomic E-state index is 11.1. The van der Waals surface area contributed by atoms with Crippen LogP contribution >= 0.6 is 0 Å². The molecule has 6 aliphatic rings. The number of hydrogen-bond donors (Lipinski definition) is 1. The number of methoxy groups -OCH3 is 4. The highest BCUT2D eigenvalue weighted by atomic mass is 16.7. The van der Waals surface area contributed by atoms with Crippen LogP contribution in [0.15, 0.2) is 70.1 Å². The van der Waals surface area contributed by atoms with E-state index in [1.165, 1.54) is 14.0 Å². The Balaban J connectivity index is 0.000000153. The third-order valence-corrected chi connectivity index (χ3v) is 11.5. The van der Waals surface area contributed by atoms with Gasteiger partial charge in [-0.05, 0) is 68.4 Å². The number of ketones is 1. The maximum atomic E-state index is 11.1. The van der Waals surface area contributed by atoms with Crippen LogP contribution in [-0.4, -0.2) is 132 Å². The minimum atomic E-state index is -0.310. The van der Waals surface area contributed by atoms with Gasteiger partial charge in [0.1, 0.15) is 6.61 Å². The number of phenols is 1. The number of benzene rings is 3. The number of aromatic hydroxyl groups is 1. The van der Waals surface area contributed by atoms with Crippen LogP contribution < -0.4 is 23.7 Å². The highest BCUT2D eigenvalue weighted by molar-refractivity contribution is 6.03. The number of esters is 1. The third kappa shape index (κ3) is 12.4. The molecule has 3 atom stereocenters. The fourth-order valence-electron chi connectivity index (χ4n) is 7.73. The second-order valence-corrected chi connectivity index (χ2v) is 16.3. The molecule has 0 amide bonds. The van der Waals surface area contributed by atoms with Crippen molar-refractivity contribution in [1.29, 1.82) is 0 Å². The number of carbonyl (C=O) groups excluding carboxylic acids is 2. The summed E-state index contributed by atoms with van der Waals surface area (Å²) in [6, 6.07) is 16.6. The predicted molar refractivity (Wildman–Crippen MR) is 242 cm³/mol. The Hall–Kier alpha value is -6.11. The van der Waals surface area contributed by atoms with E-state index in [-0.39, 0.29) is 40.9 Å². The summed E-state index contributed by atoms with van der Waals surface area (Å²) in [5.74, 6) is 2.93. The second kappa shape index (κ2) is 22.9. The van der Waals surface area contributed by atoms with Gasteiger partial charge in [0, 0.05) is 61.6 Å². The number of oxime groups is 3. The van der Waals surface area contributed by atoms with Crippen molar-refractivity contribution >= 4 is 28.9 Å². The van der Waals surface area contributed by atoms with Gasteiger partial charge in [-0.1, -0.05) is 22.4 Å². The van der Waals surface area contributed by atoms with Crippen molar-refractivity contribution in [2.45, 2.75) is 82.5 Å². The van der Waals surface area contributed by atoms with Gasteiger partial charge in [0.2, 0.25) is 0 Å². The van der Waals surface area contributed by atoms with E-state index in [1.54, 1.807) is 47.3 Å². The average molecular weight is 920 g/mol. The van der Waals surface area contributed by atoms with E-state index >= 15 is 0 Å². The van der Waals surface area contributed by atoms with Gasteiger partial charge in [-0.2, -0.15) is 0 Å². The fraction of sp³-hybridized carbons (Fsp3) is 0.521. The van der Waals surface area contributed by atoms with Gasteiger partial charge in [0.25, 0.3) is 0 Å². The summed E-state index contributed by atoms with van der Waals surface area (Å²) in [7, 11) is 6.34. The van der Waals surface area contributed by atoms with E-state index < -0.39 is 0 Å². The van der Waals surface area contributed by atoms with Crippen molar-refractivity contribution in [3.63, 3.8) is 0 Å². The number of nitrogens with zero attached hydrogens (tertiary/aromatic N) is 3. The van der Waals surface area contributed by atoms with Crippen LogP contribution in [0.4, 0.5) is 0 Å². The molecule has 3 unspecified atom stereocenters. The van der Waals surface area contributed by atoms with Crippen molar-refractivity contribution in [2.24, 2.45) is 15.5 Å². The molecule has 6 heterocycles. The standard InChI is InChI=1S/C16H19NO5.C14H17NO4.C13H15NO4.C5H10O2/c1-11(18)9-21-15-7-12(3-4-14(15)19-2)13-8-16(22-17-13)5-6-20-10-16;1-16-12-4-3-10(7-13(12)17-2)11-8-14(19-15-11)5-6-18-9-14;1-16-12-3-2-9(6-11(12)15)10-7-13(18-14-10)4-5-17-8-13;1-3-5(6)7-4-2/h3-4,7H,5-6,8-10H2,1-2H3;3-4,7H,5-6,8-9H2,1-2H3;2-3,6,15H,4-5,7-8H2,1H3;3-4H2,1-2H3. The molecule has 1 N–H and O–H groups in total. The van der Waals surface area contributed by atoms with Crippen molar-refractivity contribution in [2.75, 3.05) is 81.3 Å². The minimum Gasteiger partial charge on any atom is -0.504 e. The second-order valence-electron chi connectivity index (χ2n) is 16.3. The lowest BCUT2D eigenvalue weighted by Gasteiger charge is -2.17. The lowest BCUT2D eigenvalue weighted by atomic mass is 9.93. The Kier molecular flexibility index (Phi) is 17.1. The van der Waals surface area contributed by atoms with Crippen LogP contribution in [0.25, 0.3) is 0 Å². The van der Waals surface area contributed by atoms with Crippen LogP contribution in [0, 0.1) is 0 Å². The minimum absolute atomic E-state index is 0.0145. The topological polar surface area (TPSA) is 202 Å². The SMILES string of the molecule is CCOC(=O)CC.COc1ccc(C2=NOC3(CCOC3)C2)cc1O.COc1ccc(C2=NOC3(CCOC3)C2)cc1OC.COc1ccc(C2=NOC3(CCOC3)C2)cc1OCC(C)=O. The van der Waals surface area contributed by atoms with Gasteiger partial charge < -0.3 is 62.3 Å². The van der Waals surface area contributed by atoms with Gasteiger partial charge in [0.15, 0.2) is 57.1 Å². The summed E-state index contributed by atoms with van der Waals surface area (Å²) in [5.41, 5.74) is 4.57. The third-order valence-electron chi connectivity index (χ3n) is 11.5. The molecule has 3 aromatic rings. The molecule has 3 spiro atoms. The van der Waals surface area contributed by atoms with Crippen molar-refractivity contribution < 1.29 is 71.8 Å². The molecule has 3 fully saturated rings. The van der Waals surface area contributed by atoms with Gasteiger partial charge in [-0.3, -0.25) is 9.59 Å². The van der Waals surface area contributed by atoms with Crippen LogP contribution in [-0.2, 0) is 43.0 Å². The first-order valence-corrected chi connectivity index (χ1v) is 22.0. The summed E-state index contributed by atoms with van der Waals surface area (Å²) >= 11 is 0. The molecule has 0 aromatic heterocycles. The quantitative estimate of drug-likeness (QED) is 0.191. The van der Waals surface area contributed by atoms with Crippen molar-refractivity contribution in [3.05, 3.63) is 71.3 Å². The van der Waals surface area contributed by atoms with Crippen LogP contribution in [0.2, 0.25) is 0 Å². The number of rotatable bonds is 12. The molecular formula is C48H61N3O15. The molecule has 0 bridgehead atoms. The molecule has 0 radical (unpaired) electrons. The summed E-state index contributed by atoms with van der Waals surface area (Å²) in [6.07, 6.45) is 5.31. The molecule has 3 saturated heterocycles. The zero-order valence-electron chi connectivity index (χ0n) is 38.8. The van der Waals surface area contributed by atoms with E-state index in [4.69, 9.17) is 52.4 Å². The first kappa shape index (κ1) is 49.3. The predicted octanol–water partition coefficient (Wildman–Crippen LogP) is 6.58. The number of ether oxygens (including phenoxy) is 9. The van der Waals surface area contributed by atoms with Gasteiger partial charge in [-0.25, -0.2) is 0 Å². The fourth-order valence-corrected chi connectivity index (χ4v) is 7.73. The number of phenolic OH excluding ortho intramolecular Hbond substituents is 1. The Morgan fingerprint density at radius 3 is 1.35 bits per heavy atom. The Bertz CT molecular complexity index is 2220. The molecule has 358 valence electrons. The first-order valence-electron chi connectivity index (χ1n) is 22.0. The Morgan fingerprint density at radius 2 is 1.00 bits per heavy atom. The highest BCUT2D eigenvalue weighted by Crippen LogP contribution is 2.39. The molecule has 3 aromatic carbocycles. The highest BCUT2D eigenvalue weighted by Gasteiger charge is 2.45. The van der Waals surface area contributed by atoms with E-state index in [0.717, 1.165) is 79.1 Å². The van der Waals surface area contributed by atoms with Gasteiger partial charge in [0.05, 0.1) is 91.8 Å². The molecule has 9 rings (SSSR count). The average Bonchev–Trinajstić information content (AvgIpc) is 4.23. The number of Topliss-reactive ketones (excluding diaryl/α,β-unsaturated/α-hetero) is 1. The molecule has 18 heteroatoms. The number of carbonyl (C=O) groups is 2. The molecule has 18 nitrogen and oxygen atoms in total. The van der Waals surface area contributed by atoms with E-state index in [0.29, 0.717) is 74.6 Å². The Labute approximate surface area is 385 Å². The van der Waals surface area contributed by atoms with E-state index in [2.05, 4.69) is 20.2 Å². The lowest BCUT2D eigenvalue weighted by Crippen LogP contribution is -2.29. The zero-order valence-corrected chi connectivity index (χ0v) is 38.8. The van der Waals surface area contributed by atoms with Crippen molar-refractivity contribution in [1.82, 2.24) is 0 Å². The van der Waals surface area contributed by atoms with Crippen LogP contribution in [0.1, 0.15) is 82.4 Å². The normalized spacial score (nSPS) is 23.0. The van der Waals surface area contributed by atoms with Gasteiger partial charge in [-0.15, -0.1) is 0 Å². The van der Waals surface area contributed by atoms with Crippen LogP contribution in [0.5, 0.6) is 34.5 Å². The first-order chi connectivity index (χ1) is 31.9. The zero-order chi connectivity index (χ0) is 47.2. The summed E-state index contributed by atoms with van der Waals surface area (Å²) in [4.78, 5) is 38.0. The summed E-state index contributed by atoms with van der Waals surface area (Å²) < 4.78 is 47.1. The van der Waals surface area contributed by atoms with E-state index in [9.17, 15) is 14.7 Å². The molecule has 66 heavy (non-hydrogen) atoms. The maximum Gasteiger partial charge on any atom is 0.305 e. The van der Waals surface area contributed by atoms with Crippen LogP contribution in [0.3, 0.4) is 0 Å². The Morgan fingerprint density at radius 1 is 0.591 bits per heavy atom. The molecular weight excluding hydrogens is 859 g/mol. The molecule has 0 saturated carbocycles. The molecule has 0 aliphatic carbocycles. The molecule has 6 aliphatic heterocycles. The largest absolute Gasteiger partial charge is 0.504 e. The summed E-state index contributed by atoms with van der Waals surface area (Å²) in [5, 5.41) is 22.3. The number of hydrogen-bond acceptors (Lipinski definition) is 18. The lowest BCUT2D eigenvalue weighted by molar-refractivity contribution is -0.142.